The van der Waals surface area contributed by atoms with Crippen molar-refractivity contribution in [1.82, 2.24) is 14.9 Å². The van der Waals surface area contributed by atoms with Crippen LogP contribution in [0.4, 0.5) is 0 Å². The van der Waals surface area contributed by atoms with Gasteiger partial charge in [0, 0.05) is 20.3 Å². The second kappa shape index (κ2) is 11.2. The van der Waals surface area contributed by atoms with Crippen molar-refractivity contribution in [3.63, 3.8) is 0 Å². The largest absolute Gasteiger partial charge is 0.481 e. The molecule has 0 bridgehead atoms. The van der Waals surface area contributed by atoms with E-state index in [4.69, 9.17) is 28.4 Å². The molecule has 1 aromatic heterocycles. The van der Waals surface area contributed by atoms with Crippen LogP contribution in [-0.2, 0) is 14.3 Å². The maximum atomic E-state index is 13.2. The van der Waals surface area contributed by atoms with Crippen molar-refractivity contribution in [2.24, 2.45) is 0 Å². The minimum Gasteiger partial charge on any atom is -0.481 e. The lowest BCUT2D eigenvalue weighted by Crippen LogP contribution is -2.25. The SMILES string of the molecule is COC(=O)/C(=C\N(C)C)Oc1cccc(Oc2nc(OC)cc(OC)n2)c1C(=O)OC(C)(C)C. The van der Waals surface area contributed by atoms with E-state index in [1.165, 1.54) is 45.7 Å². The molecule has 0 fully saturated rings. The summed E-state index contributed by atoms with van der Waals surface area (Å²) in [7, 11) is 7.48. The lowest BCUT2D eigenvalue weighted by Gasteiger charge is -2.22. The van der Waals surface area contributed by atoms with Gasteiger partial charge in [-0.1, -0.05) is 6.07 Å². The summed E-state index contributed by atoms with van der Waals surface area (Å²) in [5, 5.41) is 0. The fourth-order valence-corrected chi connectivity index (χ4v) is 2.52. The first-order valence-corrected chi connectivity index (χ1v) is 10.1. The number of nitrogens with zero attached hydrogens (tertiary/aromatic N) is 3. The highest BCUT2D eigenvalue weighted by Gasteiger charge is 2.28. The fourth-order valence-electron chi connectivity index (χ4n) is 2.52. The van der Waals surface area contributed by atoms with Crippen LogP contribution in [-0.4, -0.2) is 67.8 Å². The molecule has 0 unspecified atom stereocenters. The Morgan fingerprint density at radius 2 is 1.56 bits per heavy atom. The molecule has 2 aromatic rings. The van der Waals surface area contributed by atoms with Gasteiger partial charge in [-0.3, -0.25) is 0 Å². The Hall–Kier alpha value is -4.02. The Balaban J connectivity index is 2.61. The molecule has 184 valence electrons. The number of carbonyl (C=O) groups excluding carboxylic acids is 2. The fraction of sp³-hybridized carbons (Fsp3) is 0.391. The van der Waals surface area contributed by atoms with E-state index in [0.717, 1.165) is 0 Å². The molecule has 34 heavy (non-hydrogen) atoms. The minimum atomic E-state index is -0.818. The Morgan fingerprint density at radius 1 is 0.971 bits per heavy atom. The van der Waals surface area contributed by atoms with Gasteiger partial charge in [0.15, 0.2) is 0 Å². The highest BCUT2D eigenvalue weighted by molar-refractivity contribution is 5.96. The summed E-state index contributed by atoms with van der Waals surface area (Å²) in [6, 6.07) is 5.90. The van der Waals surface area contributed by atoms with Crippen molar-refractivity contribution in [2.45, 2.75) is 26.4 Å². The van der Waals surface area contributed by atoms with Crippen molar-refractivity contribution in [1.29, 1.82) is 0 Å². The third kappa shape index (κ3) is 7.26. The van der Waals surface area contributed by atoms with E-state index in [1.807, 2.05) is 0 Å². The molecule has 0 aliphatic rings. The number of carbonyl (C=O) groups is 2. The van der Waals surface area contributed by atoms with Crippen LogP contribution in [0.25, 0.3) is 0 Å². The van der Waals surface area contributed by atoms with Gasteiger partial charge in [0.2, 0.25) is 17.5 Å². The van der Waals surface area contributed by atoms with Crippen molar-refractivity contribution < 1.29 is 38.0 Å². The van der Waals surface area contributed by atoms with Crippen molar-refractivity contribution in [3.05, 3.63) is 41.8 Å². The van der Waals surface area contributed by atoms with E-state index in [-0.39, 0.29) is 40.6 Å². The van der Waals surface area contributed by atoms with Gasteiger partial charge in [0.25, 0.3) is 0 Å². The zero-order valence-electron chi connectivity index (χ0n) is 20.5. The number of methoxy groups -OCH3 is 3. The second-order valence-electron chi connectivity index (χ2n) is 8.02. The van der Waals surface area contributed by atoms with Crippen molar-refractivity contribution in [3.8, 4) is 29.3 Å². The van der Waals surface area contributed by atoms with Gasteiger partial charge >= 0.3 is 17.9 Å². The summed E-state index contributed by atoms with van der Waals surface area (Å²) in [6.07, 6.45) is 1.41. The highest BCUT2D eigenvalue weighted by Crippen LogP contribution is 2.35. The first kappa shape index (κ1) is 26.2. The third-order valence-electron chi connectivity index (χ3n) is 3.85. The summed E-state index contributed by atoms with van der Waals surface area (Å²) >= 11 is 0. The summed E-state index contributed by atoms with van der Waals surface area (Å²) in [4.78, 5) is 35.2. The van der Waals surface area contributed by atoms with Gasteiger partial charge in [0.1, 0.15) is 22.7 Å². The predicted molar refractivity (Wildman–Crippen MR) is 121 cm³/mol. The second-order valence-corrected chi connectivity index (χ2v) is 8.02. The van der Waals surface area contributed by atoms with E-state index >= 15 is 0 Å². The standard InChI is InChI=1S/C23H29N3O8/c1-23(2,3)34-21(28)19-14(32-16(13-26(4)5)20(27)31-8)10-9-11-15(19)33-22-24-17(29-6)12-18(25-22)30-7/h9-13H,1-8H3/b16-13+. The smallest absolute Gasteiger partial charge is 0.375 e. The zero-order valence-corrected chi connectivity index (χ0v) is 20.5. The number of aromatic nitrogens is 2. The molecular weight excluding hydrogens is 446 g/mol. The number of ether oxygens (including phenoxy) is 6. The van der Waals surface area contributed by atoms with Crippen molar-refractivity contribution >= 4 is 11.9 Å². The van der Waals surface area contributed by atoms with Gasteiger partial charge in [-0.15, -0.1) is 0 Å². The Morgan fingerprint density at radius 3 is 2.06 bits per heavy atom. The molecule has 1 heterocycles. The lowest BCUT2D eigenvalue weighted by atomic mass is 10.1. The molecular formula is C23H29N3O8. The molecule has 0 aliphatic carbocycles. The number of hydrogen-bond donors (Lipinski definition) is 0. The van der Waals surface area contributed by atoms with Gasteiger partial charge in [0.05, 0.1) is 27.4 Å². The van der Waals surface area contributed by atoms with E-state index in [1.54, 1.807) is 45.8 Å². The molecule has 0 radical (unpaired) electrons. The van der Waals surface area contributed by atoms with Crippen molar-refractivity contribution in [2.75, 3.05) is 35.4 Å². The van der Waals surface area contributed by atoms with Crippen LogP contribution in [0.5, 0.6) is 29.3 Å². The van der Waals surface area contributed by atoms with Crippen LogP contribution in [0, 0.1) is 0 Å². The van der Waals surface area contributed by atoms with Gasteiger partial charge in [-0.25, -0.2) is 9.59 Å². The topological polar surface area (TPSA) is 119 Å². The van der Waals surface area contributed by atoms with Crippen LogP contribution < -0.4 is 18.9 Å². The molecule has 0 N–H and O–H groups in total. The molecule has 0 aliphatic heterocycles. The van der Waals surface area contributed by atoms with E-state index in [2.05, 4.69) is 9.97 Å². The Labute approximate surface area is 198 Å². The maximum Gasteiger partial charge on any atom is 0.375 e. The molecule has 0 amide bonds. The van der Waals surface area contributed by atoms with E-state index < -0.39 is 17.5 Å². The third-order valence-corrected chi connectivity index (χ3v) is 3.85. The summed E-state index contributed by atoms with van der Waals surface area (Å²) in [5.41, 5.74) is -0.904. The summed E-state index contributed by atoms with van der Waals surface area (Å²) in [5.74, 6) is -1.24. The Bertz CT molecular complexity index is 1040. The molecule has 11 heteroatoms. The van der Waals surface area contributed by atoms with Gasteiger partial charge in [-0.05, 0) is 32.9 Å². The molecule has 0 spiro atoms. The first-order valence-electron chi connectivity index (χ1n) is 10.1. The molecule has 0 atom stereocenters. The number of benzene rings is 1. The number of hydrogen-bond acceptors (Lipinski definition) is 11. The molecule has 0 saturated heterocycles. The number of rotatable bonds is 9. The lowest BCUT2D eigenvalue weighted by molar-refractivity contribution is -0.138. The summed E-state index contributed by atoms with van der Waals surface area (Å²) in [6.45, 7) is 5.16. The van der Waals surface area contributed by atoms with Crippen LogP contribution in [0.15, 0.2) is 36.2 Å². The van der Waals surface area contributed by atoms with E-state index in [0.29, 0.717) is 0 Å². The Kier molecular flexibility index (Phi) is 8.65. The normalized spacial score (nSPS) is 11.4. The van der Waals surface area contributed by atoms with Crippen LogP contribution in [0.2, 0.25) is 0 Å². The zero-order chi connectivity index (χ0) is 25.5. The van der Waals surface area contributed by atoms with Gasteiger partial charge in [-0.2, -0.15) is 9.97 Å². The van der Waals surface area contributed by atoms with E-state index in [9.17, 15) is 9.59 Å². The monoisotopic (exact) mass is 475 g/mol. The average Bonchev–Trinajstić information content (AvgIpc) is 2.76. The average molecular weight is 475 g/mol. The summed E-state index contributed by atoms with van der Waals surface area (Å²) < 4.78 is 32.2. The van der Waals surface area contributed by atoms with Crippen LogP contribution in [0.1, 0.15) is 31.1 Å². The molecule has 1 aromatic carbocycles. The highest BCUT2D eigenvalue weighted by atomic mass is 16.6. The van der Waals surface area contributed by atoms with Crippen LogP contribution >= 0.6 is 0 Å². The predicted octanol–water partition coefficient (Wildman–Crippen LogP) is 3.20. The quantitative estimate of drug-likeness (QED) is 0.302. The maximum absolute atomic E-state index is 13.2. The molecule has 11 nitrogen and oxygen atoms in total. The first-order chi connectivity index (χ1) is 16.0. The molecule has 2 rings (SSSR count). The van der Waals surface area contributed by atoms with Gasteiger partial charge < -0.3 is 33.3 Å². The number of esters is 2. The molecule has 0 saturated carbocycles. The van der Waals surface area contributed by atoms with Crippen LogP contribution in [0.3, 0.4) is 0 Å². The minimum absolute atomic E-state index is 0.000103.